The van der Waals surface area contributed by atoms with Gasteiger partial charge in [-0.1, -0.05) is 66.7 Å². The molecule has 110 heavy (non-hydrogen) atoms. The highest BCUT2D eigenvalue weighted by atomic mass is 19.2. The Morgan fingerprint density at radius 2 is 0.700 bits per heavy atom. The number of fused-ring (bicyclic) bond motifs is 15. The van der Waals surface area contributed by atoms with Gasteiger partial charge in [0.25, 0.3) is 0 Å². The summed E-state index contributed by atoms with van der Waals surface area (Å²) in [6.07, 6.45) is 3.78. The Kier molecular flexibility index (Phi) is 17.4. The average Bonchev–Trinajstić information content (AvgIpc) is 1.59. The molecule has 0 spiro atoms. The van der Waals surface area contributed by atoms with Crippen LogP contribution in [0.2, 0.25) is 0 Å². The van der Waals surface area contributed by atoms with E-state index in [-0.39, 0.29) is 23.0 Å². The molecule has 0 saturated heterocycles. The molecule has 9 aromatic heterocycles. The minimum Gasteiger partial charge on any atom is -0.455 e. The van der Waals surface area contributed by atoms with Gasteiger partial charge in [-0.05, 0) is 153 Å². The van der Waals surface area contributed by atoms with E-state index >= 15 is 0 Å². The van der Waals surface area contributed by atoms with Crippen LogP contribution in [0.5, 0.6) is 0 Å². The normalized spacial score (nSPS) is 11.6. The summed E-state index contributed by atoms with van der Waals surface area (Å²) < 4.78 is 131. The van der Waals surface area contributed by atoms with Gasteiger partial charge in [-0.15, -0.1) is 0 Å². The first-order valence-corrected chi connectivity index (χ1v) is 35.8. The molecule has 0 aliphatic carbocycles. The molecule has 16 heteroatoms. The molecular formula is C94H68F7N5O4+4. The highest BCUT2D eigenvalue weighted by Gasteiger charge is 2.29. The van der Waals surface area contributed by atoms with E-state index in [0.29, 0.717) is 65.8 Å². The minimum atomic E-state index is -0.645. The van der Waals surface area contributed by atoms with E-state index in [0.717, 1.165) is 134 Å². The first-order valence-electron chi connectivity index (χ1n) is 35.8. The predicted octanol–water partition coefficient (Wildman–Crippen LogP) is 23.3. The third-order valence-corrected chi connectivity index (χ3v) is 21.0. The van der Waals surface area contributed by atoms with E-state index in [1.54, 1.807) is 18.2 Å². The summed E-state index contributed by atoms with van der Waals surface area (Å²) in [6, 6.07) is 71.1. The largest absolute Gasteiger partial charge is 0.455 e. The number of aryl methyl sites for hydroxylation is 9. The molecular weight excluding hydrogens is 1400 g/mol. The summed E-state index contributed by atoms with van der Waals surface area (Å²) in [6.45, 7) is 9.78. The summed E-state index contributed by atoms with van der Waals surface area (Å²) in [7, 11) is 7.98. The topological polar surface area (TPSA) is 81.0 Å². The standard InChI is InChI=1S/C25H19F2N2O.2C23H16F2NO.C23H17FNO/c1-14-4-7-20(28-13-14)16-8-9-29(3)21(11-16)23-15(2)10-19(27)24-18-6-5-17(26)12-22(18)30-25(23)24;1-13-11-17(25)22-16-9-8-15(24)12-20(16)27-23(22)21(13)19-10-7-14-5-3-4-6-18(14)26(19)2;1-13-7-9-16-22-17(25)11-15(24)12-20(22)27-23(16)21(13)19-10-8-14-5-3-4-6-18(14)26(19)2;1-14-7-10-18-17-11-9-16(24)13-21(17)26-23(18)22(14)20-12-8-15-5-3-4-6-19(15)25(20)2/h4-13H,1-3H3;2*3-12H,1-2H3;3-13H,1-2H3/q4*+1. The fraction of sp³-hybridized carbons (Fsp3) is 0.0957. The molecule has 0 N–H and O–H groups in total. The molecule has 11 aromatic carbocycles. The maximum atomic E-state index is 14.9. The summed E-state index contributed by atoms with van der Waals surface area (Å²) in [5.41, 5.74) is 20.9. The quantitative estimate of drug-likeness (QED) is 0.127. The van der Waals surface area contributed by atoms with E-state index < -0.39 is 23.3 Å². The zero-order chi connectivity index (χ0) is 76.2. The first kappa shape index (κ1) is 69.7. The second-order valence-corrected chi connectivity index (χ2v) is 28.0. The molecule has 538 valence electrons. The van der Waals surface area contributed by atoms with Crippen molar-refractivity contribution in [2.75, 3.05) is 0 Å². The van der Waals surface area contributed by atoms with Crippen molar-refractivity contribution in [2.45, 2.75) is 34.6 Å². The first-order chi connectivity index (χ1) is 53.1. The third kappa shape index (κ3) is 12.0. The molecule has 0 amide bonds. The Balaban J connectivity index is 0.000000107. The van der Waals surface area contributed by atoms with Crippen LogP contribution in [-0.2, 0) is 28.2 Å². The van der Waals surface area contributed by atoms with E-state index in [1.807, 2.05) is 163 Å². The van der Waals surface area contributed by atoms with E-state index in [9.17, 15) is 30.7 Å². The Morgan fingerprint density at radius 1 is 0.300 bits per heavy atom. The number of para-hydroxylation sites is 3. The SMILES string of the molecule is Cc1cc(F)c2c(oc3cc(F)ccc32)c1-c1ccc2ccccc2[n+]1C.Cc1ccc(-c2cc[n+](C)c(-c3c(C)cc(F)c4c3oc3cc(F)ccc34)c2)nc1.Cc1ccc2c(oc3cc(F)cc(F)c32)c1-c1ccc2ccccc2[n+]1C.Cc1ccc2c(oc3cc(F)ccc32)c1-c1ccc2ccccc2[n+]1C. The van der Waals surface area contributed by atoms with Gasteiger partial charge in [-0.3, -0.25) is 4.98 Å². The van der Waals surface area contributed by atoms with Gasteiger partial charge in [0.15, 0.2) is 17.4 Å². The maximum absolute atomic E-state index is 14.9. The number of hydrogen-bond acceptors (Lipinski definition) is 5. The number of aromatic nitrogens is 5. The van der Waals surface area contributed by atoms with Gasteiger partial charge in [-0.25, -0.2) is 35.3 Å². The molecule has 0 radical (unpaired) electrons. The fourth-order valence-corrected chi connectivity index (χ4v) is 15.6. The van der Waals surface area contributed by atoms with E-state index in [1.165, 1.54) is 60.0 Å². The summed E-state index contributed by atoms with van der Waals surface area (Å²) in [5.74, 6) is -3.11. The minimum absolute atomic E-state index is 0.220. The highest BCUT2D eigenvalue weighted by Crippen LogP contribution is 2.44. The lowest BCUT2D eigenvalue weighted by Gasteiger charge is -2.08. The number of benzene rings is 11. The van der Waals surface area contributed by atoms with Gasteiger partial charge in [0, 0.05) is 134 Å². The van der Waals surface area contributed by atoms with Crippen LogP contribution in [0.1, 0.15) is 27.8 Å². The molecule has 9 heterocycles. The number of halogens is 7. The smallest absolute Gasteiger partial charge is 0.217 e. The van der Waals surface area contributed by atoms with Gasteiger partial charge >= 0.3 is 0 Å². The average molecular weight is 1460 g/mol. The molecule has 0 aliphatic rings. The number of rotatable bonds is 5. The molecule has 0 fully saturated rings. The van der Waals surface area contributed by atoms with Crippen LogP contribution >= 0.6 is 0 Å². The van der Waals surface area contributed by atoms with Crippen LogP contribution in [0.4, 0.5) is 30.7 Å². The van der Waals surface area contributed by atoms with Crippen molar-refractivity contribution in [1.82, 2.24) is 4.98 Å². The van der Waals surface area contributed by atoms with Crippen LogP contribution in [-0.4, -0.2) is 4.98 Å². The lowest BCUT2D eigenvalue weighted by atomic mass is 9.98. The van der Waals surface area contributed by atoms with E-state index in [2.05, 4.69) is 93.3 Å². The lowest BCUT2D eigenvalue weighted by molar-refractivity contribution is -0.660. The second-order valence-electron chi connectivity index (χ2n) is 28.0. The zero-order valence-electron chi connectivity index (χ0n) is 61.2. The molecule has 0 bridgehead atoms. The van der Waals surface area contributed by atoms with Crippen molar-refractivity contribution in [1.29, 1.82) is 0 Å². The molecule has 9 nitrogen and oxygen atoms in total. The molecule has 20 rings (SSSR count). The lowest BCUT2D eigenvalue weighted by Crippen LogP contribution is -2.32. The Labute approximate surface area is 625 Å². The van der Waals surface area contributed by atoms with Crippen molar-refractivity contribution in [3.05, 3.63) is 318 Å². The van der Waals surface area contributed by atoms with Crippen LogP contribution in [0.25, 0.3) is 177 Å². The van der Waals surface area contributed by atoms with Crippen LogP contribution in [0, 0.1) is 75.3 Å². The summed E-state index contributed by atoms with van der Waals surface area (Å²) in [4.78, 5) is 4.52. The second kappa shape index (κ2) is 27.5. The van der Waals surface area contributed by atoms with Gasteiger partial charge < -0.3 is 17.7 Å². The van der Waals surface area contributed by atoms with Gasteiger partial charge in [-0.2, -0.15) is 13.7 Å². The van der Waals surface area contributed by atoms with E-state index in [4.69, 9.17) is 17.7 Å². The van der Waals surface area contributed by atoms with Crippen molar-refractivity contribution >= 4 is 120 Å². The molecule has 0 unspecified atom stereocenters. The van der Waals surface area contributed by atoms with Crippen LogP contribution < -0.4 is 18.3 Å². The van der Waals surface area contributed by atoms with Gasteiger partial charge in [0.05, 0.1) is 44.1 Å². The number of hydrogen-bond donors (Lipinski definition) is 0. The zero-order valence-corrected chi connectivity index (χ0v) is 61.2. The number of pyridine rings is 5. The molecule has 20 aromatic rings. The summed E-state index contributed by atoms with van der Waals surface area (Å²) in [5, 5.41) is 8.24. The van der Waals surface area contributed by atoms with Crippen molar-refractivity contribution < 1.29 is 66.7 Å². The maximum Gasteiger partial charge on any atom is 0.217 e. The Bertz CT molecular complexity index is 7200. The molecule has 0 atom stereocenters. The monoisotopic (exact) mass is 1460 g/mol. The molecule has 0 aliphatic heterocycles. The van der Waals surface area contributed by atoms with Gasteiger partial charge in [0.1, 0.15) is 102 Å². The third-order valence-electron chi connectivity index (χ3n) is 21.0. The van der Waals surface area contributed by atoms with Gasteiger partial charge in [0.2, 0.25) is 39.3 Å². The predicted molar refractivity (Wildman–Crippen MR) is 420 cm³/mol. The Morgan fingerprint density at radius 3 is 1.19 bits per heavy atom. The fourth-order valence-electron chi connectivity index (χ4n) is 15.6. The molecule has 0 saturated carbocycles. The number of furan rings is 4. The van der Waals surface area contributed by atoms with Crippen molar-refractivity contribution in [3.63, 3.8) is 0 Å². The Hall–Kier alpha value is -13.3. The van der Waals surface area contributed by atoms with Crippen LogP contribution in [0.3, 0.4) is 0 Å². The highest BCUT2D eigenvalue weighted by molar-refractivity contribution is 6.13. The van der Waals surface area contributed by atoms with Crippen LogP contribution in [0.15, 0.2) is 267 Å². The number of nitrogens with zero attached hydrogens (tertiary/aromatic N) is 5. The van der Waals surface area contributed by atoms with Crippen molar-refractivity contribution in [3.8, 4) is 56.3 Å². The van der Waals surface area contributed by atoms with Crippen molar-refractivity contribution in [2.24, 2.45) is 28.2 Å². The summed E-state index contributed by atoms with van der Waals surface area (Å²) >= 11 is 0.